The molecule has 0 bridgehead atoms. The number of ether oxygens (including phenoxy) is 1. The number of nitrogens with one attached hydrogen (secondary N) is 1. The Bertz CT molecular complexity index is 1190. The lowest BCUT2D eigenvalue weighted by Gasteiger charge is -2.39. The van der Waals surface area contributed by atoms with Gasteiger partial charge in [0.1, 0.15) is 11.9 Å². The summed E-state index contributed by atoms with van der Waals surface area (Å²) in [6.45, 7) is 6.53. The van der Waals surface area contributed by atoms with Crippen LogP contribution in [0.5, 0.6) is 5.75 Å². The van der Waals surface area contributed by atoms with E-state index in [0.29, 0.717) is 26.2 Å². The van der Waals surface area contributed by atoms with Crippen molar-refractivity contribution in [1.29, 1.82) is 0 Å². The maximum Gasteiger partial charge on any atom is 0.232 e. The first-order valence-corrected chi connectivity index (χ1v) is 12.3. The molecule has 8 nitrogen and oxygen atoms in total. The van der Waals surface area contributed by atoms with Crippen LogP contribution in [0.4, 0.5) is 11.4 Å². The molecule has 2 aliphatic heterocycles. The summed E-state index contributed by atoms with van der Waals surface area (Å²) in [6, 6.07) is 19.2. The minimum absolute atomic E-state index is 0.00733. The number of hydrogen-bond donors (Lipinski definition) is 1. The van der Waals surface area contributed by atoms with Crippen molar-refractivity contribution in [2.45, 2.75) is 31.8 Å². The van der Waals surface area contributed by atoms with E-state index in [1.165, 1.54) is 0 Å². The molecule has 0 radical (unpaired) electrons. The maximum absolute atomic E-state index is 13.2. The zero-order valence-electron chi connectivity index (χ0n) is 20.6. The van der Waals surface area contributed by atoms with Crippen LogP contribution in [0.3, 0.4) is 0 Å². The first-order valence-electron chi connectivity index (χ1n) is 12.3. The van der Waals surface area contributed by atoms with Crippen LogP contribution in [-0.2, 0) is 15.0 Å². The summed E-state index contributed by atoms with van der Waals surface area (Å²) in [5.74, 6) is 0.798. The Kier molecular flexibility index (Phi) is 6.59. The van der Waals surface area contributed by atoms with Crippen molar-refractivity contribution in [3.63, 3.8) is 0 Å². The number of anilines is 2. The molecule has 0 saturated carbocycles. The quantitative estimate of drug-likeness (QED) is 0.551. The average Bonchev–Trinajstić information content (AvgIpc) is 3.33. The second-order valence-electron chi connectivity index (χ2n) is 9.99. The molecule has 8 heteroatoms. The fourth-order valence-electron chi connectivity index (χ4n) is 4.76. The van der Waals surface area contributed by atoms with Gasteiger partial charge in [-0.3, -0.25) is 9.59 Å². The van der Waals surface area contributed by atoms with Crippen LogP contribution >= 0.6 is 0 Å². The van der Waals surface area contributed by atoms with Gasteiger partial charge in [-0.05, 0) is 49.7 Å². The van der Waals surface area contributed by atoms with E-state index in [1.807, 2.05) is 79.4 Å². The molecule has 2 aliphatic rings. The summed E-state index contributed by atoms with van der Waals surface area (Å²) in [7, 11) is 0. The number of nitrogens with zero attached hydrogens (tertiary/aromatic N) is 4. The van der Waals surface area contributed by atoms with E-state index < -0.39 is 5.41 Å². The van der Waals surface area contributed by atoms with Gasteiger partial charge in [0.25, 0.3) is 0 Å². The monoisotopic (exact) mass is 485 g/mol. The molecule has 0 aliphatic carbocycles. The molecule has 5 rings (SSSR count). The van der Waals surface area contributed by atoms with Crippen molar-refractivity contribution in [3.8, 4) is 5.75 Å². The average molecular weight is 486 g/mol. The normalized spacial score (nSPS) is 18.0. The number of rotatable bonds is 7. The van der Waals surface area contributed by atoms with Crippen molar-refractivity contribution >= 4 is 23.2 Å². The van der Waals surface area contributed by atoms with E-state index in [0.717, 1.165) is 29.1 Å². The third-order valence-electron chi connectivity index (χ3n) is 7.07. The Morgan fingerprint density at radius 1 is 0.972 bits per heavy atom. The van der Waals surface area contributed by atoms with Crippen LogP contribution in [0.15, 0.2) is 73.1 Å². The van der Waals surface area contributed by atoms with Crippen molar-refractivity contribution in [1.82, 2.24) is 15.1 Å². The third kappa shape index (κ3) is 5.03. The highest BCUT2D eigenvalue weighted by molar-refractivity contribution is 5.94. The highest BCUT2D eigenvalue weighted by atomic mass is 16.5. The SMILES string of the molecule is CC(C)(C(=O)N1CC[C@@H](Oc2ccc(NC(=O)C3CN(c4ccnnc4)C3)cc2)C1)c1ccccc1. The summed E-state index contributed by atoms with van der Waals surface area (Å²) < 4.78 is 6.15. The van der Waals surface area contributed by atoms with E-state index in [4.69, 9.17) is 4.74 Å². The lowest BCUT2D eigenvalue weighted by atomic mass is 9.83. The van der Waals surface area contributed by atoms with Gasteiger partial charge in [-0.25, -0.2) is 0 Å². The summed E-state index contributed by atoms with van der Waals surface area (Å²) in [5.41, 5.74) is 2.15. The first kappa shape index (κ1) is 23.8. The summed E-state index contributed by atoms with van der Waals surface area (Å²) in [4.78, 5) is 29.8. The van der Waals surface area contributed by atoms with Crippen molar-refractivity contribution in [3.05, 3.63) is 78.6 Å². The van der Waals surface area contributed by atoms with Gasteiger partial charge in [0.05, 0.1) is 36.0 Å². The molecule has 36 heavy (non-hydrogen) atoms. The standard InChI is InChI=1S/C28H31N5O3/c1-28(2,21-6-4-3-5-7-21)27(35)32-15-13-25(19-32)36-24-10-8-22(9-11-24)31-26(34)20-17-33(18-20)23-12-14-29-30-16-23/h3-12,14,16,20,25H,13,15,17-19H2,1-2H3,(H,31,34)/t25-/m1/s1. The van der Waals surface area contributed by atoms with Crippen LogP contribution in [-0.4, -0.2) is 59.2 Å². The van der Waals surface area contributed by atoms with E-state index >= 15 is 0 Å². The molecule has 186 valence electrons. The van der Waals surface area contributed by atoms with Crippen LogP contribution in [0.1, 0.15) is 25.8 Å². The predicted octanol–water partition coefficient (Wildman–Crippen LogP) is 3.51. The Morgan fingerprint density at radius 3 is 2.42 bits per heavy atom. The van der Waals surface area contributed by atoms with Crippen molar-refractivity contribution < 1.29 is 14.3 Å². The molecule has 0 unspecified atom stereocenters. The number of carbonyl (C=O) groups excluding carboxylic acids is 2. The molecule has 2 aromatic carbocycles. The van der Waals surface area contributed by atoms with Gasteiger partial charge in [-0.2, -0.15) is 10.2 Å². The lowest BCUT2D eigenvalue weighted by Crippen LogP contribution is -2.52. The van der Waals surface area contributed by atoms with Gasteiger partial charge in [0.15, 0.2) is 0 Å². The predicted molar refractivity (Wildman–Crippen MR) is 138 cm³/mol. The van der Waals surface area contributed by atoms with E-state index in [9.17, 15) is 9.59 Å². The molecule has 2 fully saturated rings. The summed E-state index contributed by atoms with van der Waals surface area (Å²) >= 11 is 0. The van der Waals surface area contributed by atoms with Crippen molar-refractivity contribution in [2.24, 2.45) is 5.92 Å². The maximum atomic E-state index is 13.2. The molecule has 3 aromatic rings. The van der Waals surface area contributed by atoms with Crippen LogP contribution in [0.25, 0.3) is 0 Å². The lowest BCUT2D eigenvalue weighted by molar-refractivity contribution is -0.135. The van der Waals surface area contributed by atoms with Crippen molar-refractivity contribution in [2.75, 3.05) is 36.4 Å². The molecule has 2 amide bonds. The minimum Gasteiger partial charge on any atom is -0.489 e. The third-order valence-corrected chi connectivity index (χ3v) is 7.07. The molecule has 0 spiro atoms. The summed E-state index contributed by atoms with van der Waals surface area (Å²) in [5, 5.41) is 10.7. The van der Waals surface area contributed by atoms with Crippen LogP contribution < -0.4 is 15.0 Å². The van der Waals surface area contributed by atoms with Crippen LogP contribution in [0.2, 0.25) is 0 Å². The fraction of sp³-hybridized carbons (Fsp3) is 0.357. The topological polar surface area (TPSA) is 87.7 Å². The Balaban J connectivity index is 1.10. The zero-order chi connectivity index (χ0) is 25.1. The molecule has 1 aromatic heterocycles. The van der Waals surface area contributed by atoms with Crippen LogP contribution in [0, 0.1) is 5.92 Å². The van der Waals surface area contributed by atoms with E-state index in [2.05, 4.69) is 20.4 Å². The Morgan fingerprint density at radius 2 is 1.72 bits per heavy atom. The van der Waals surface area contributed by atoms with Gasteiger partial charge in [0.2, 0.25) is 11.8 Å². The molecule has 1 N–H and O–H groups in total. The van der Waals surface area contributed by atoms with Gasteiger partial charge in [-0.1, -0.05) is 30.3 Å². The molecular weight excluding hydrogens is 454 g/mol. The second-order valence-corrected chi connectivity index (χ2v) is 9.99. The first-order chi connectivity index (χ1) is 17.4. The Labute approximate surface area is 211 Å². The minimum atomic E-state index is -0.581. The highest BCUT2D eigenvalue weighted by Crippen LogP contribution is 2.29. The van der Waals surface area contributed by atoms with Gasteiger partial charge < -0.3 is 19.9 Å². The molecule has 1 atom stereocenters. The zero-order valence-corrected chi connectivity index (χ0v) is 20.6. The Hall–Kier alpha value is -3.94. The number of aromatic nitrogens is 2. The van der Waals surface area contributed by atoms with Gasteiger partial charge in [0, 0.05) is 31.7 Å². The number of likely N-dealkylation sites (tertiary alicyclic amines) is 1. The van der Waals surface area contributed by atoms with Gasteiger partial charge >= 0.3 is 0 Å². The highest BCUT2D eigenvalue weighted by Gasteiger charge is 2.37. The van der Waals surface area contributed by atoms with E-state index in [-0.39, 0.29) is 23.8 Å². The second kappa shape index (κ2) is 9.97. The van der Waals surface area contributed by atoms with Gasteiger partial charge in [-0.15, -0.1) is 0 Å². The number of amides is 2. The fourth-order valence-corrected chi connectivity index (χ4v) is 4.76. The van der Waals surface area contributed by atoms with E-state index in [1.54, 1.807) is 12.4 Å². The molecule has 2 saturated heterocycles. The number of benzene rings is 2. The molecular formula is C28H31N5O3. The number of hydrogen-bond acceptors (Lipinski definition) is 6. The number of carbonyl (C=O) groups is 2. The summed E-state index contributed by atoms with van der Waals surface area (Å²) in [6.07, 6.45) is 4.10. The largest absolute Gasteiger partial charge is 0.489 e. The molecule has 3 heterocycles. The smallest absolute Gasteiger partial charge is 0.232 e.